The third-order valence-electron chi connectivity index (χ3n) is 4.26. The molecule has 0 radical (unpaired) electrons. The van der Waals surface area contributed by atoms with E-state index in [-0.39, 0.29) is 23.8 Å². The molecule has 0 spiro atoms. The van der Waals surface area contributed by atoms with Crippen molar-refractivity contribution in [1.82, 2.24) is 19.8 Å². The van der Waals surface area contributed by atoms with Gasteiger partial charge in [-0.05, 0) is 6.07 Å². The van der Waals surface area contributed by atoms with Crippen molar-refractivity contribution < 1.29 is 14.3 Å². The van der Waals surface area contributed by atoms with E-state index in [0.717, 1.165) is 12.8 Å². The van der Waals surface area contributed by atoms with Crippen molar-refractivity contribution in [2.24, 2.45) is 5.92 Å². The van der Waals surface area contributed by atoms with Crippen LogP contribution in [0.2, 0.25) is 0 Å². The van der Waals surface area contributed by atoms with Gasteiger partial charge < -0.3 is 14.5 Å². The summed E-state index contributed by atoms with van der Waals surface area (Å²) in [6, 6.07) is 2.13. The van der Waals surface area contributed by atoms with Crippen molar-refractivity contribution in [3.05, 3.63) is 18.5 Å². The smallest absolute Gasteiger partial charge is 0.316 e. The molecule has 118 valence electrons. The summed E-state index contributed by atoms with van der Waals surface area (Å²) in [6.07, 6.45) is 5.20. The second kappa shape index (κ2) is 6.29. The molecule has 3 heterocycles. The molecule has 2 aliphatic heterocycles. The Morgan fingerprint density at radius 2 is 1.95 bits per heavy atom. The third-order valence-corrected chi connectivity index (χ3v) is 4.26. The minimum atomic E-state index is -0.188. The fraction of sp³-hybridized carbons (Fsp3) is 0.600. The number of likely N-dealkylation sites (tertiary alicyclic amines) is 2. The van der Waals surface area contributed by atoms with Crippen molar-refractivity contribution in [1.29, 1.82) is 0 Å². The van der Waals surface area contributed by atoms with E-state index >= 15 is 0 Å². The Kier molecular flexibility index (Phi) is 4.22. The van der Waals surface area contributed by atoms with E-state index in [4.69, 9.17) is 4.74 Å². The lowest BCUT2D eigenvalue weighted by Gasteiger charge is -2.33. The van der Waals surface area contributed by atoms with Gasteiger partial charge >= 0.3 is 6.01 Å². The highest BCUT2D eigenvalue weighted by Crippen LogP contribution is 2.22. The molecule has 0 bridgehead atoms. The summed E-state index contributed by atoms with van der Waals surface area (Å²) in [6.45, 7) is 1.85. The molecule has 0 aromatic carbocycles. The fourth-order valence-electron chi connectivity index (χ4n) is 2.98. The van der Waals surface area contributed by atoms with Gasteiger partial charge in [0.2, 0.25) is 11.8 Å². The average Bonchev–Trinajstić information content (AvgIpc) is 2.88. The van der Waals surface area contributed by atoms with E-state index in [0.29, 0.717) is 32.1 Å². The summed E-state index contributed by atoms with van der Waals surface area (Å²) < 4.78 is 5.72. The number of aromatic nitrogens is 2. The Hall–Kier alpha value is -2.18. The zero-order chi connectivity index (χ0) is 15.5. The zero-order valence-corrected chi connectivity index (χ0v) is 12.6. The van der Waals surface area contributed by atoms with Crippen molar-refractivity contribution in [2.45, 2.75) is 25.4 Å². The lowest BCUT2D eigenvalue weighted by molar-refractivity contribution is -0.137. The van der Waals surface area contributed by atoms with E-state index < -0.39 is 0 Å². The van der Waals surface area contributed by atoms with Gasteiger partial charge in [-0.15, -0.1) is 0 Å². The van der Waals surface area contributed by atoms with Crippen LogP contribution in [0.1, 0.15) is 19.3 Å². The topological polar surface area (TPSA) is 75.6 Å². The summed E-state index contributed by atoms with van der Waals surface area (Å²) in [7, 11) is 1.75. The van der Waals surface area contributed by atoms with Crippen molar-refractivity contribution >= 4 is 11.8 Å². The number of carbonyl (C=O) groups is 2. The van der Waals surface area contributed by atoms with Crippen LogP contribution in [0.25, 0.3) is 0 Å². The molecular formula is C15H20N4O3. The molecule has 0 N–H and O–H groups in total. The summed E-state index contributed by atoms with van der Waals surface area (Å²) >= 11 is 0. The molecule has 1 aromatic rings. The molecule has 22 heavy (non-hydrogen) atoms. The van der Waals surface area contributed by atoms with Crippen LogP contribution in [0.5, 0.6) is 6.01 Å². The predicted octanol–water partition coefficient (Wildman–Crippen LogP) is 0.325. The molecule has 0 saturated carbocycles. The molecule has 0 aliphatic carbocycles. The van der Waals surface area contributed by atoms with Crippen molar-refractivity contribution in [3.63, 3.8) is 0 Å². The molecular weight excluding hydrogens is 284 g/mol. The minimum absolute atomic E-state index is 0.0410. The second-order valence-electron chi connectivity index (χ2n) is 5.85. The highest BCUT2D eigenvalue weighted by Gasteiger charge is 2.36. The van der Waals surface area contributed by atoms with E-state index in [9.17, 15) is 9.59 Å². The largest absolute Gasteiger partial charge is 0.460 e. The number of hydrogen-bond acceptors (Lipinski definition) is 5. The van der Waals surface area contributed by atoms with Crippen LogP contribution in [-0.4, -0.2) is 64.4 Å². The number of piperidine rings is 1. The van der Waals surface area contributed by atoms with Gasteiger partial charge in [-0.25, -0.2) is 9.97 Å². The molecule has 2 fully saturated rings. The molecule has 7 heteroatoms. The van der Waals surface area contributed by atoms with Crippen LogP contribution < -0.4 is 4.74 Å². The van der Waals surface area contributed by atoms with Gasteiger partial charge in [-0.1, -0.05) is 0 Å². The molecule has 1 unspecified atom stereocenters. The Bertz CT molecular complexity index is 543. The van der Waals surface area contributed by atoms with E-state index in [1.807, 2.05) is 4.90 Å². The van der Waals surface area contributed by atoms with E-state index in [2.05, 4.69) is 9.97 Å². The Labute approximate surface area is 129 Å². The number of rotatable bonds is 3. The van der Waals surface area contributed by atoms with Gasteiger partial charge in [-0.3, -0.25) is 9.59 Å². The first-order valence-electron chi connectivity index (χ1n) is 7.60. The van der Waals surface area contributed by atoms with Crippen molar-refractivity contribution in [3.8, 4) is 6.01 Å². The van der Waals surface area contributed by atoms with Gasteiger partial charge in [0.15, 0.2) is 0 Å². The summed E-state index contributed by atoms with van der Waals surface area (Å²) in [5.41, 5.74) is 0. The maximum atomic E-state index is 12.4. The quantitative estimate of drug-likeness (QED) is 0.804. The van der Waals surface area contributed by atoms with Crippen LogP contribution in [0.3, 0.4) is 0 Å². The lowest BCUT2D eigenvalue weighted by atomic mass is 10.0. The number of nitrogens with zero attached hydrogens (tertiary/aromatic N) is 4. The Balaban J connectivity index is 1.49. The van der Waals surface area contributed by atoms with Crippen LogP contribution in [-0.2, 0) is 9.59 Å². The van der Waals surface area contributed by atoms with Gasteiger partial charge in [-0.2, -0.15) is 0 Å². The molecule has 2 saturated heterocycles. The molecule has 1 atom stereocenters. The fourth-order valence-corrected chi connectivity index (χ4v) is 2.98. The van der Waals surface area contributed by atoms with Crippen LogP contribution in [0.15, 0.2) is 18.5 Å². The molecule has 2 amide bonds. The normalized spacial score (nSPS) is 23.0. The Morgan fingerprint density at radius 3 is 2.55 bits per heavy atom. The first kappa shape index (κ1) is 14.7. The lowest BCUT2D eigenvalue weighted by Crippen LogP contribution is -2.44. The van der Waals surface area contributed by atoms with Gasteiger partial charge in [0.05, 0.1) is 5.92 Å². The molecule has 2 aliphatic rings. The standard InChI is InChI=1S/C15H20N4O3/c1-18-10-11(9-13(18)20)14(21)19-7-3-12(4-8-19)22-15-16-5-2-6-17-15/h2,5-6,11-12H,3-4,7-10H2,1H3. The molecule has 7 nitrogen and oxygen atoms in total. The summed E-state index contributed by atoms with van der Waals surface area (Å²) in [5.74, 6) is -0.0441. The van der Waals surface area contributed by atoms with Crippen LogP contribution in [0.4, 0.5) is 0 Å². The highest BCUT2D eigenvalue weighted by atomic mass is 16.5. The Morgan fingerprint density at radius 1 is 1.27 bits per heavy atom. The van der Waals surface area contributed by atoms with E-state index in [1.165, 1.54) is 0 Å². The predicted molar refractivity (Wildman–Crippen MR) is 78.0 cm³/mol. The van der Waals surface area contributed by atoms with Crippen LogP contribution >= 0.6 is 0 Å². The first-order chi connectivity index (χ1) is 10.6. The summed E-state index contributed by atoms with van der Waals surface area (Å²) in [4.78, 5) is 35.6. The molecule has 1 aromatic heterocycles. The third kappa shape index (κ3) is 3.18. The molecule has 3 rings (SSSR count). The first-order valence-corrected chi connectivity index (χ1v) is 7.60. The van der Waals surface area contributed by atoms with Gasteiger partial charge in [0.25, 0.3) is 0 Å². The second-order valence-corrected chi connectivity index (χ2v) is 5.85. The van der Waals surface area contributed by atoms with Gasteiger partial charge in [0, 0.05) is 58.3 Å². The SMILES string of the molecule is CN1CC(C(=O)N2CCC(Oc3ncccn3)CC2)CC1=O. The highest BCUT2D eigenvalue weighted by molar-refractivity contribution is 5.89. The number of hydrogen-bond donors (Lipinski definition) is 0. The van der Waals surface area contributed by atoms with Gasteiger partial charge in [0.1, 0.15) is 6.10 Å². The average molecular weight is 304 g/mol. The number of ether oxygens (including phenoxy) is 1. The van der Waals surface area contributed by atoms with Crippen LogP contribution in [0, 0.1) is 5.92 Å². The van der Waals surface area contributed by atoms with Crippen molar-refractivity contribution in [2.75, 3.05) is 26.7 Å². The maximum absolute atomic E-state index is 12.4. The minimum Gasteiger partial charge on any atom is -0.460 e. The monoisotopic (exact) mass is 304 g/mol. The number of carbonyl (C=O) groups excluding carboxylic acids is 2. The number of amides is 2. The summed E-state index contributed by atoms with van der Waals surface area (Å²) in [5, 5.41) is 0. The zero-order valence-electron chi connectivity index (χ0n) is 12.6. The van der Waals surface area contributed by atoms with E-state index in [1.54, 1.807) is 30.4 Å². The maximum Gasteiger partial charge on any atom is 0.316 e.